The first-order valence-corrected chi connectivity index (χ1v) is 7.53. The molecule has 0 spiro atoms. The molecule has 0 atom stereocenters. The first-order valence-electron chi connectivity index (χ1n) is 6.05. The van der Waals surface area contributed by atoms with Gasteiger partial charge in [-0.2, -0.15) is 5.10 Å². The Morgan fingerprint density at radius 1 is 1.25 bits per heavy atom. The number of anilines is 1. The minimum Gasteiger partial charge on any atom is -0.506 e. The van der Waals surface area contributed by atoms with E-state index in [9.17, 15) is 13.5 Å². The molecular formula is C13H17N3O3S. The maximum atomic E-state index is 12.4. The summed E-state index contributed by atoms with van der Waals surface area (Å²) in [6, 6.07) is 4.73. The summed E-state index contributed by atoms with van der Waals surface area (Å²) in [5, 5.41) is 13.8. The molecule has 1 aromatic heterocycles. The van der Waals surface area contributed by atoms with Crippen molar-refractivity contribution in [2.45, 2.75) is 25.7 Å². The third-order valence-electron chi connectivity index (χ3n) is 3.11. The molecule has 2 N–H and O–H groups in total. The molecule has 2 aromatic rings. The van der Waals surface area contributed by atoms with Crippen molar-refractivity contribution in [2.75, 3.05) is 4.72 Å². The monoisotopic (exact) mass is 295 g/mol. The summed E-state index contributed by atoms with van der Waals surface area (Å²) in [4.78, 5) is 0.140. The SMILES string of the molecule is Cc1ccc(O)c(NS(=O)(=O)c2c(C)nn(C)c2C)c1. The van der Waals surface area contributed by atoms with E-state index in [0.717, 1.165) is 5.56 Å². The van der Waals surface area contributed by atoms with Crippen molar-refractivity contribution in [3.63, 3.8) is 0 Å². The van der Waals surface area contributed by atoms with Gasteiger partial charge in [0.1, 0.15) is 10.6 Å². The molecule has 0 bridgehead atoms. The molecule has 0 aliphatic carbocycles. The largest absolute Gasteiger partial charge is 0.506 e. The standard InChI is InChI=1S/C13H17N3O3S/c1-8-5-6-12(17)11(7-8)15-20(18,19)13-9(2)14-16(4)10(13)3/h5-7,15,17H,1-4H3. The van der Waals surface area contributed by atoms with Crippen molar-refractivity contribution in [1.29, 1.82) is 0 Å². The summed E-state index contributed by atoms with van der Waals surface area (Å²) in [6.07, 6.45) is 0. The molecule has 2 rings (SSSR count). The Morgan fingerprint density at radius 3 is 2.45 bits per heavy atom. The average molecular weight is 295 g/mol. The first kappa shape index (κ1) is 14.4. The molecule has 1 heterocycles. The van der Waals surface area contributed by atoms with E-state index in [4.69, 9.17) is 0 Å². The van der Waals surface area contributed by atoms with E-state index in [1.54, 1.807) is 33.0 Å². The number of sulfonamides is 1. The van der Waals surface area contributed by atoms with Gasteiger partial charge in [-0.05, 0) is 38.5 Å². The highest BCUT2D eigenvalue weighted by molar-refractivity contribution is 7.92. The van der Waals surface area contributed by atoms with Gasteiger partial charge in [0.05, 0.1) is 17.1 Å². The van der Waals surface area contributed by atoms with Crippen LogP contribution in [0.2, 0.25) is 0 Å². The van der Waals surface area contributed by atoms with Crippen LogP contribution in [0.5, 0.6) is 5.75 Å². The van der Waals surface area contributed by atoms with Gasteiger partial charge >= 0.3 is 0 Å². The normalized spacial score (nSPS) is 11.6. The number of phenols is 1. The van der Waals surface area contributed by atoms with Crippen LogP contribution in [0.4, 0.5) is 5.69 Å². The fourth-order valence-electron chi connectivity index (χ4n) is 2.07. The second kappa shape index (κ2) is 4.82. The summed E-state index contributed by atoms with van der Waals surface area (Å²) in [5.74, 6) is -0.113. The molecule has 108 valence electrons. The number of aromatic hydroxyl groups is 1. The number of nitrogens with zero attached hydrogens (tertiary/aromatic N) is 2. The van der Waals surface area contributed by atoms with E-state index >= 15 is 0 Å². The molecule has 0 saturated heterocycles. The number of rotatable bonds is 3. The second-order valence-corrected chi connectivity index (χ2v) is 6.37. The van der Waals surface area contributed by atoms with Gasteiger partial charge in [0.2, 0.25) is 0 Å². The molecular weight excluding hydrogens is 278 g/mol. The van der Waals surface area contributed by atoms with Gasteiger partial charge in [0.15, 0.2) is 0 Å². The maximum Gasteiger partial charge on any atom is 0.265 e. The van der Waals surface area contributed by atoms with Crippen molar-refractivity contribution in [2.24, 2.45) is 7.05 Å². The number of aromatic nitrogens is 2. The van der Waals surface area contributed by atoms with Crippen molar-refractivity contribution < 1.29 is 13.5 Å². The lowest BCUT2D eigenvalue weighted by Crippen LogP contribution is -2.15. The quantitative estimate of drug-likeness (QED) is 0.846. The Hall–Kier alpha value is -2.02. The van der Waals surface area contributed by atoms with E-state index in [2.05, 4.69) is 9.82 Å². The molecule has 20 heavy (non-hydrogen) atoms. The van der Waals surface area contributed by atoms with Crippen LogP contribution in [0.15, 0.2) is 23.1 Å². The smallest absolute Gasteiger partial charge is 0.265 e. The summed E-state index contributed by atoms with van der Waals surface area (Å²) in [6.45, 7) is 5.14. The van der Waals surface area contributed by atoms with Gasteiger partial charge in [-0.1, -0.05) is 6.07 Å². The molecule has 0 aliphatic heterocycles. The molecule has 0 radical (unpaired) electrons. The van der Waals surface area contributed by atoms with Crippen LogP contribution in [0.3, 0.4) is 0 Å². The summed E-state index contributed by atoms with van der Waals surface area (Å²) >= 11 is 0. The predicted octanol–water partition coefficient (Wildman–Crippen LogP) is 1.85. The Labute approximate surface area is 118 Å². The lowest BCUT2D eigenvalue weighted by Gasteiger charge is -2.10. The van der Waals surface area contributed by atoms with Gasteiger partial charge in [-0.25, -0.2) is 8.42 Å². The predicted molar refractivity (Wildman–Crippen MR) is 76.3 cm³/mol. The van der Waals surface area contributed by atoms with E-state index < -0.39 is 10.0 Å². The van der Waals surface area contributed by atoms with E-state index in [0.29, 0.717) is 11.4 Å². The number of hydrogen-bond donors (Lipinski definition) is 2. The molecule has 0 amide bonds. The minimum absolute atomic E-state index is 0.113. The molecule has 7 heteroatoms. The zero-order valence-corrected chi connectivity index (χ0v) is 12.6. The van der Waals surface area contributed by atoms with Gasteiger partial charge in [-0.15, -0.1) is 0 Å². The van der Waals surface area contributed by atoms with Gasteiger partial charge < -0.3 is 5.11 Å². The third kappa shape index (κ3) is 2.49. The van der Waals surface area contributed by atoms with Crippen molar-refractivity contribution in [1.82, 2.24) is 9.78 Å². The summed E-state index contributed by atoms with van der Waals surface area (Å²) in [7, 11) is -2.10. The molecule has 0 saturated carbocycles. The van der Waals surface area contributed by atoms with Crippen LogP contribution in [0.1, 0.15) is 17.0 Å². The highest BCUT2D eigenvalue weighted by Gasteiger charge is 2.24. The highest BCUT2D eigenvalue weighted by atomic mass is 32.2. The Morgan fingerprint density at radius 2 is 1.90 bits per heavy atom. The first-order chi connectivity index (χ1) is 9.22. The number of nitrogens with one attached hydrogen (secondary N) is 1. The highest BCUT2D eigenvalue weighted by Crippen LogP contribution is 2.28. The lowest BCUT2D eigenvalue weighted by molar-refractivity contribution is 0.477. The van der Waals surface area contributed by atoms with Gasteiger partial charge in [0, 0.05) is 7.05 Å². The number of phenolic OH excluding ortho intramolecular Hbond substituents is 1. The van der Waals surface area contributed by atoms with Crippen molar-refractivity contribution in [3.05, 3.63) is 35.2 Å². The molecule has 6 nitrogen and oxygen atoms in total. The summed E-state index contributed by atoms with van der Waals surface area (Å²) in [5.41, 5.74) is 1.97. The van der Waals surface area contributed by atoms with Gasteiger partial charge in [-0.3, -0.25) is 9.40 Å². The van der Waals surface area contributed by atoms with Crippen LogP contribution in [0, 0.1) is 20.8 Å². The molecule has 0 fully saturated rings. The molecule has 0 aliphatic rings. The van der Waals surface area contributed by atoms with Crippen LogP contribution >= 0.6 is 0 Å². The zero-order valence-electron chi connectivity index (χ0n) is 11.8. The Kier molecular flexibility index (Phi) is 3.47. The van der Waals surface area contributed by atoms with Crippen LogP contribution in [-0.4, -0.2) is 23.3 Å². The second-order valence-electron chi connectivity index (χ2n) is 4.75. The molecule has 1 aromatic carbocycles. The number of benzene rings is 1. The third-order valence-corrected chi connectivity index (χ3v) is 4.72. The van der Waals surface area contributed by atoms with E-state index in [1.807, 2.05) is 6.92 Å². The van der Waals surface area contributed by atoms with Crippen molar-refractivity contribution >= 4 is 15.7 Å². The Balaban J connectivity index is 2.49. The fourth-order valence-corrected chi connectivity index (χ4v) is 3.58. The number of hydrogen-bond acceptors (Lipinski definition) is 4. The minimum atomic E-state index is -3.79. The van der Waals surface area contributed by atoms with E-state index in [1.165, 1.54) is 10.7 Å². The lowest BCUT2D eigenvalue weighted by atomic mass is 10.2. The van der Waals surface area contributed by atoms with Crippen LogP contribution < -0.4 is 4.72 Å². The number of aryl methyl sites for hydroxylation is 3. The topological polar surface area (TPSA) is 84.2 Å². The average Bonchev–Trinajstić information content (AvgIpc) is 2.58. The van der Waals surface area contributed by atoms with Crippen LogP contribution in [0.25, 0.3) is 0 Å². The summed E-state index contributed by atoms with van der Waals surface area (Å²) < 4.78 is 28.8. The zero-order chi connectivity index (χ0) is 15.1. The van der Waals surface area contributed by atoms with Crippen LogP contribution in [-0.2, 0) is 17.1 Å². The Bertz CT molecular complexity index is 763. The van der Waals surface area contributed by atoms with E-state index in [-0.39, 0.29) is 16.3 Å². The van der Waals surface area contributed by atoms with Crippen molar-refractivity contribution in [3.8, 4) is 5.75 Å². The fraction of sp³-hybridized carbons (Fsp3) is 0.308. The molecule has 0 unspecified atom stereocenters. The van der Waals surface area contributed by atoms with Gasteiger partial charge in [0.25, 0.3) is 10.0 Å². The maximum absolute atomic E-state index is 12.4.